The Morgan fingerprint density at radius 2 is 1.57 bits per heavy atom. The molecule has 0 saturated carbocycles. The largest absolute Gasteiger partial charge is 0.481 e. The van der Waals surface area contributed by atoms with Crippen molar-refractivity contribution < 1.29 is 39.3 Å². The van der Waals surface area contributed by atoms with Crippen LogP contribution in [0, 0.1) is 0 Å². The number of rotatable bonds is 15. The van der Waals surface area contributed by atoms with Gasteiger partial charge in [0.2, 0.25) is 17.7 Å². The predicted molar refractivity (Wildman–Crippen MR) is 104 cm³/mol. The first kappa shape index (κ1) is 27.2. The van der Waals surface area contributed by atoms with Crippen LogP contribution in [0.15, 0.2) is 0 Å². The summed E-state index contributed by atoms with van der Waals surface area (Å²) in [6.07, 6.45) is -0.614. The third-order valence-corrected chi connectivity index (χ3v) is 4.11. The van der Waals surface area contributed by atoms with Gasteiger partial charge in [-0.15, -0.1) is 0 Å². The molecular formula is C17H31N5O8. The van der Waals surface area contributed by atoms with E-state index in [1.165, 1.54) is 6.92 Å². The maximum absolute atomic E-state index is 12.4. The fraction of sp³-hybridized carbons (Fsp3) is 0.706. The monoisotopic (exact) mass is 433 g/mol. The number of carboxylic acid groups (broad SMARTS) is 2. The topological polar surface area (TPSA) is 234 Å². The van der Waals surface area contributed by atoms with Gasteiger partial charge in [-0.25, -0.2) is 4.79 Å². The fourth-order valence-electron chi connectivity index (χ4n) is 2.31. The molecule has 0 bridgehead atoms. The number of unbranched alkanes of at least 4 members (excludes halogenated alkanes) is 1. The number of nitrogens with two attached hydrogens (primary N) is 2. The highest BCUT2D eigenvalue weighted by molar-refractivity contribution is 5.92. The molecule has 0 aliphatic rings. The van der Waals surface area contributed by atoms with Crippen LogP contribution in [-0.2, 0) is 24.0 Å². The number of nitrogens with one attached hydrogen (secondary N) is 3. The van der Waals surface area contributed by atoms with Crippen LogP contribution in [-0.4, -0.2) is 82.3 Å². The van der Waals surface area contributed by atoms with Crippen molar-refractivity contribution in [2.24, 2.45) is 11.5 Å². The van der Waals surface area contributed by atoms with Gasteiger partial charge in [0.15, 0.2) is 0 Å². The summed E-state index contributed by atoms with van der Waals surface area (Å²) < 4.78 is 0. The van der Waals surface area contributed by atoms with Gasteiger partial charge in [0.25, 0.3) is 0 Å². The Bertz CT molecular complexity index is 613. The molecule has 0 rings (SSSR count). The van der Waals surface area contributed by atoms with Gasteiger partial charge < -0.3 is 42.7 Å². The van der Waals surface area contributed by atoms with Crippen LogP contribution in [0.3, 0.4) is 0 Å². The maximum Gasteiger partial charge on any atom is 0.326 e. The van der Waals surface area contributed by atoms with Gasteiger partial charge in [0.1, 0.15) is 18.1 Å². The van der Waals surface area contributed by atoms with E-state index in [4.69, 9.17) is 21.7 Å². The van der Waals surface area contributed by atoms with E-state index in [-0.39, 0.29) is 12.8 Å². The highest BCUT2D eigenvalue weighted by atomic mass is 16.4. The summed E-state index contributed by atoms with van der Waals surface area (Å²) in [5.74, 6) is -4.91. The van der Waals surface area contributed by atoms with Crippen molar-refractivity contribution in [1.29, 1.82) is 0 Å². The second kappa shape index (κ2) is 14.3. The number of carbonyl (C=O) groups excluding carboxylic acids is 3. The predicted octanol–water partition coefficient (Wildman–Crippen LogP) is -3.14. The molecule has 0 heterocycles. The fourth-order valence-corrected chi connectivity index (χ4v) is 2.31. The lowest BCUT2D eigenvalue weighted by atomic mass is 10.1. The van der Waals surface area contributed by atoms with Crippen LogP contribution in [0.5, 0.6) is 0 Å². The summed E-state index contributed by atoms with van der Waals surface area (Å²) in [7, 11) is 0. The van der Waals surface area contributed by atoms with E-state index in [1.807, 2.05) is 0 Å². The molecule has 0 aliphatic heterocycles. The molecule has 13 nitrogen and oxygen atoms in total. The number of carboxylic acids is 2. The van der Waals surface area contributed by atoms with Crippen LogP contribution < -0.4 is 27.4 Å². The van der Waals surface area contributed by atoms with Crippen LogP contribution >= 0.6 is 0 Å². The van der Waals surface area contributed by atoms with Crippen molar-refractivity contribution in [3.05, 3.63) is 0 Å². The normalized spacial score (nSPS) is 14.7. The van der Waals surface area contributed by atoms with Crippen molar-refractivity contribution >= 4 is 29.7 Å². The molecule has 0 spiro atoms. The van der Waals surface area contributed by atoms with E-state index in [9.17, 15) is 29.1 Å². The molecule has 4 unspecified atom stereocenters. The Kier molecular flexibility index (Phi) is 12.9. The van der Waals surface area contributed by atoms with Gasteiger partial charge in [-0.05, 0) is 39.2 Å². The lowest BCUT2D eigenvalue weighted by Gasteiger charge is -2.22. The molecule has 0 aliphatic carbocycles. The molecule has 172 valence electrons. The van der Waals surface area contributed by atoms with Gasteiger partial charge in [-0.2, -0.15) is 0 Å². The highest BCUT2D eigenvalue weighted by Gasteiger charge is 2.26. The summed E-state index contributed by atoms with van der Waals surface area (Å²) in [4.78, 5) is 58.0. The van der Waals surface area contributed by atoms with Crippen LogP contribution in [0.1, 0.15) is 39.0 Å². The lowest BCUT2D eigenvalue weighted by Crippen LogP contribution is -2.55. The van der Waals surface area contributed by atoms with E-state index in [1.54, 1.807) is 0 Å². The zero-order chi connectivity index (χ0) is 23.3. The highest BCUT2D eigenvalue weighted by Crippen LogP contribution is 2.03. The van der Waals surface area contributed by atoms with Crippen LogP contribution in [0.2, 0.25) is 0 Å². The first-order valence-corrected chi connectivity index (χ1v) is 9.45. The number of aliphatic hydroxyl groups excluding tert-OH is 1. The number of carbonyl (C=O) groups is 5. The van der Waals surface area contributed by atoms with Crippen LogP contribution in [0.25, 0.3) is 0 Å². The smallest absolute Gasteiger partial charge is 0.326 e. The molecule has 30 heavy (non-hydrogen) atoms. The molecule has 0 aromatic carbocycles. The molecule has 0 radical (unpaired) electrons. The first-order chi connectivity index (χ1) is 14.0. The minimum Gasteiger partial charge on any atom is -0.481 e. The Balaban J connectivity index is 4.83. The number of aliphatic carboxylic acids is 2. The minimum atomic E-state index is -1.42. The first-order valence-electron chi connectivity index (χ1n) is 9.45. The van der Waals surface area contributed by atoms with E-state index >= 15 is 0 Å². The van der Waals surface area contributed by atoms with Gasteiger partial charge in [0.05, 0.1) is 12.6 Å². The summed E-state index contributed by atoms with van der Waals surface area (Å²) in [6.45, 7) is 1.12. The Hall–Kier alpha value is -2.77. The van der Waals surface area contributed by atoms with Crippen molar-refractivity contribution in [2.45, 2.75) is 63.3 Å². The molecule has 4 atom stereocenters. The van der Waals surface area contributed by atoms with E-state index in [2.05, 4.69) is 16.0 Å². The Morgan fingerprint density at radius 1 is 0.933 bits per heavy atom. The zero-order valence-corrected chi connectivity index (χ0v) is 16.8. The van der Waals surface area contributed by atoms with Crippen LogP contribution in [0.4, 0.5) is 0 Å². The zero-order valence-electron chi connectivity index (χ0n) is 16.8. The number of aliphatic hydroxyl groups is 1. The number of amides is 3. The molecular weight excluding hydrogens is 402 g/mol. The van der Waals surface area contributed by atoms with E-state index in [0.29, 0.717) is 19.4 Å². The quantitative estimate of drug-likeness (QED) is 0.121. The molecule has 0 aromatic heterocycles. The molecule has 0 saturated heterocycles. The molecule has 10 N–H and O–H groups in total. The molecule has 0 fully saturated rings. The Labute approximate surface area is 173 Å². The summed E-state index contributed by atoms with van der Waals surface area (Å²) >= 11 is 0. The van der Waals surface area contributed by atoms with E-state index in [0.717, 1.165) is 0 Å². The summed E-state index contributed by atoms with van der Waals surface area (Å²) in [5, 5.41) is 33.9. The molecule has 3 amide bonds. The average Bonchev–Trinajstić information content (AvgIpc) is 2.67. The summed E-state index contributed by atoms with van der Waals surface area (Å²) in [6, 6.07) is -3.71. The number of hydrogen-bond acceptors (Lipinski definition) is 8. The SMILES string of the molecule is CC(O)C(N)C(=O)NC(CCCCN)C(=O)NCC(=O)NC(CCC(=O)O)C(=O)O. The average molecular weight is 433 g/mol. The third-order valence-electron chi connectivity index (χ3n) is 4.11. The lowest BCUT2D eigenvalue weighted by molar-refractivity contribution is -0.143. The molecule has 0 aromatic rings. The van der Waals surface area contributed by atoms with Gasteiger partial charge in [-0.1, -0.05) is 0 Å². The second-order valence-electron chi connectivity index (χ2n) is 6.72. The molecule has 13 heteroatoms. The summed E-state index contributed by atoms with van der Waals surface area (Å²) in [5.41, 5.74) is 11.0. The van der Waals surface area contributed by atoms with Crippen molar-refractivity contribution in [2.75, 3.05) is 13.1 Å². The van der Waals surface area contributed by atoms with Gasteiger partial charge >= 0.3 is 11.9 Å². The number of hydrogen-bond donors (Lipinski definition) is 8. The van der Waals surface area contributed by atoms with Crippen molar-refractivity contribution in [3.63, 3.8) is 0 Å². The Morgan fingerprint density at radius 3 is 2.07 bits per heavy atom. The maximum atomic E-state index is 12.4. The van der Waals surface area contributed by atoms with Gasteiger partial charge in [-0.3, -0.25) is 19.2 Å². The van der Waals surface area contributed by atoms with Crippen molar-refractivity contribution in [3.8, 4) is 0 Å². The van der Waals surface area contributed by atoms with Crippen molar-refractivity contribution in [1.82, 2.24) is 16.0 Å². The second-order valence-corrected chi connectivity index (χ2v) is 6.72. The standard InChI is InChI=1S/C17H31N5O8/c1-9(23)14(19)16(28)22-10(4-2-3-7-18)15(27)20-8-12(24)21-11(17(29)30)5-6-13(25)26/h9-11,14,23H,2-8,18-19H2,1H3,(H,20,27)(H,21,24)(H,22,28)(H,25,26)(H,29,30). The van der Waals surface area contributed by atoms with Gasteiger partial charge in [0, 0.05) is 6.42 Å². The van der Waals surface area contributed by atoms with E-state index < -0.39 is 66.9 Å². The third kappa shape index (κ3) is 11.3. The minimum absolute atomic E-state index is 0.208.